The maximum Gasteiger partial charge on any atom is 0.270 e. The smallest absolute Gasteiger partial charge is 0.270 e. The van der Waals surface area contributed by atoms with Crippen molar-refractivity contribution in [3.63, 3.8) is 0 Å². The van der Waals surface area contributed by atoms with Gasteiger partial charge in [-0.3, -0.25) is 4.79 Å². The fraction of sp³-hybridized carbons (Fsp3) is 0.130. The van der Waals surface area contributed by atoms with Gasteiger partial charge in [0.25, 0.3) is 5.91 Å². The molecule has 0 spiro atoms. The van der Waals surface area contributed by atoms with E-state index in [1.807, 2.05) is 109 Å². The van der Waals surface area contributed by atoms with Gasteiger partial charge in [0.15, 0.2) is 0 Å². The predicted molar refractivity (Wildman–Crippen MR) is 110 cm³/mol. The molecule has 5 nitrogen and oxygen atoms in total. The first-order chi connectivity index (χ1) is 13.6. The summed E-state index contributed by atoms with van der Waals surface area (Å²) in [5.41, 5.74) is 4.57. The molecule has 1 amide bonds. The van der Waals surface area contributed by atoms with E-state index >= 15 is 0 Å². The maximum absolute atomic E-state index is 12.8. The van der Waals surface area contributed by atoms with Gasteiger partial charge in [-0.2, -0.15) is 5.10 Å². The third-order valence-corrected chi connectivity index (χ3v) is 4.78. The molecule has 0 N–H and O–H groups in total. The molecular formula is C23H22N4O. The van der Waals surface area contributed by atoms with Crippen LogP contribution < -0.4 is 0 Å². The molecular weight excluding hydrogens is 348 g/mol. The summed E-state index contributed by atoms with van der Waals surface area (Å²) in [5.74, 6) is -0.0148. The minimum atomic E-state index is -0.0148. The lowest BCUT2D eigenvalue weighted by Crippen LogP contribution is -2.27. The molecule has 2 aromatic heterocycles. The van der Waals surface area contributed by atoms with Gasteiger partial charge in [-0.05, 0) is 24.3 Å². The molecule has 4 aromatic rings. The normalized spacial score (nSPS) is 10.8. The molecule has 0 saturated carbocycles. The quantitative estimate of drug-likeness (QED) is 0.530. The van der Waals surface area contributed by atoms with E-state index in [1.165, 1.54) is 0 Å². The third kappa shape index (κ3) is 3.47. The van der Waals surface area contributed by atoms with Crippen LogP contribution in [0.15, 0.2) is 85.2 Å². The molecule has 2 heterocycles. The average Bonchev–Trinajstić information content (AvgIpc) is 3.35. The molecule has 4 rings (SSSR count). The molecule has 0 aliphatic carbocycles. The number of benzene rings is 2. The number of aryl methyl sites for hydroxylation is 1. The first kappa shape index (κ1) is 17.8. The van der Waals surface area contributed by atoms with Crippen LogP contribution in [0.1, 0.15) is 16.1 Å². The van der Waals surface area contributed by atoms with Crippen molar-refractivity contribution in [3.05, 3.63) is 96.4 Å². The summed E-state index contributed by atoms with van der Waals surface area (Å²) in [4.78, 5) is 14.6. The number of para-hydroxylation sites is 1. The summed E-state index contributed by atoms with van der Waals surface area (Å²) in [7, 11) is 3.70. The van der Waals surface area contributed by atoms with Crippen LogP contribution in [0.25, 0.3) is 16.9 Å². The predicted octanol–water partition coefficient (Wildman–Crippen LogP) is 4.15. The Labute approximate surface area is 164 Å². The summed E-state index contributed by atoms with van der Waals surface area (Å²) < 4.78 is 3.71. The Balaban J connectivity index is 1.70. The Morgan fingerprint density at radius 3 is 2.29 bits per heavy atom. The zero-order valence-electron chi connectivity index (χ0n) is 16.0. The fourth-order valence-electron chi connectivity index (χ4n) is 3.28. The highest BCUT2D eigenvalue weighted by Gasteiger charge is 2.19. The van der Waals surface area contributed by atoms with Gasteiger partial charge in [0.1, 0.15) is 5.69 Å². The van der Waals surface area contributed by atoms with E-state index in [4.69, 9.17) is 5.10 Å². The zero-order chi connectivity index (χ0) is 19.5. The van der Waals surface area contributed by atoms with E-state index in [0.29, 0.717) is 12.2 Å². The van der Waals surface area contributed by atoms with Crippen molar-refractivity contribution >= 4 is 5.91 Å². The van der Waals surface area contributed by atoms with E-state index in [9.17, 15) is 4.79 Å². The largest absolute Gasteiger partial charge is 0.347 e. The fourth-order valence-corrected chi connectivity index (χ4v) is 3.28. The first-order valence-electron chi connectivity index (χ1n) is 9.19. The van der Waals surface area contributed by atoms with Gasteiger partial charge < -0.3 is 9.47 Å². The van der Waals surface area contributed by atoms with E-state index in [2.05, 4.69) is 0 Å². The number of nitrogens with zero attached hydrogens (tertiary/aromatic N) is 4. The van der Waals surface area contributed by atoms with E-state index in [-0.39, 0.29) is 5.91 Å². The Hall–Kier alpha value is -3.60. The second-order valence-corrected chi connectivity index (χ2v) is 6.81. The second-order valence-electron chi connectivity index (χ2n) is 6.81. The monoisotopic (exact) mass is 370 g/mol. The SMILES string of the molecule is CN(Cc1cn(-c2ccccc2)nc1-c1ccccc1)C(=O)c1cccn1C. The number of rotatable bonds is 5. The highest BCUT2D eigenvalue weighted by molar-refractivity contribution is 5.92. The van der Waals surface area contributed by atoms with E-state index in [1.54, 1.807) is 4.90 Å². The van der Waals surface area contributed by atoms with E-state index < -0.39 is 0 Å². The highest BCUT2D eigenvalue weighted by atomic mass is 16.2. The number of carbonyl (C=O) groups excluding carboxylic acids is 1. The maximum atomic E-state index is 12.8. The summed E-state index contributed by atoms with van der Waals surface area (Å²) >= 11 is 0. The molecule has 28 heavy (non-hydrogen) atoms. The van der Waals surface area contributed by atoms with Crippen molar-refractivity contribution in [3.8, 4) is 16.9 Å². The average molecular weight is 370 g/mol. The number of hydrogen-bond acceptors (Lipinski definition) is 2. The Kier molecular flexibility index (Phi) is 4.81. The summed E-state index contributed by atoms with van der Waals surface area (Å²) in [6.07, 6.45) is 3.89. The van der Waals surface area contributed by atoms with Crippen LogP contribution in [0.4, 0.5) is 0 Å². The lowest BCUT2D eigenvalue weighted by atomic mass is 10.1. The molecule has 0 aliphatic heterocycles. The molecule has 140 valence electrons. The van der Waals surface area contributed by atoms with Crippen molar-refractivity contribution in [2.75, 3.05) is 7.05 Å². The van der Waals surface area contributed by atoms with Crippen LogP contribution in [0.2, 0.25) is 0 Å². The minimum Gasteiger partial charge on any atom is -0.347 e. The van der Waals surface area contributed by atoms with Crippen molar-refractivity contribution < 1.29 is 4.79 Å². The molecule has 0 unspecified atom stereocenters. The topological polar surface area (TPSA) is 43.1 Å². The van der Waals surface area contributed by atoms with Crippen molar-refractivity contribution in [2.24, 2.45) is 7.05 Å². The van der Waals surface area contributed by atoms with Crippen LogP contribution in [0.5, 0.6) is 0 Å². The third-order valence-electron chi connectivity index (χ3n) is 4.78. The van der Waals surface area contributed by atoms with Crippen LogP contribution in [0, 0.1) is 0 Å². The Morgan fingerprint density at radius 2 is 1.64 bits per heavy atom. The van der Waals surface area contributed by atoms with Crippen LogP contribution >= 0.6 is 0 Å². The second kappa shape index (κ2) is 7.56. The van der Waals surface area contributed by atoms with Gasteiger partial charge >= 0.3 is 0 Å². The summed E-state index contributed by atoms with van der Waals surface area (Å²) in [6, 6.07) is 23.8. The number of carbonyl (C=O) groups is 1. The molecule has 2 aromatic carbocycles. The van der Waals surface area contributed by atoms with E-state index in [0.717, 1.165) is 22.5 Å². The van der Waals surface area contributed by atoms with Crippen molar-refractivity contribution in [1.29, 1.82) is 0 Å². The van der Waals surface area contributed by atoms with Gasteiger partial charge in [-0.1, -0.05) is 48.5 Å². The lowest BCUT2D eigenvalue weighted by molar-refractivity contribution is 0.0776. The Morgan fingerprint density at radius 1 is 0.964 bits per heavy atom. The van der Waals surface area contributed by atoms with Gasteiger partial charge in [0.05, 0.1) is 11.4 Å². The molecule has 0 atom stereocenters. The van der Waals surface area contributed by atoms with Crippen LogP contribution in [-0.4, -0.2) is 32.2 Å². The molecule has 0 fully saturated rings. The zero-order valence-corrected chi connectivity index (χ0v) is 16.0. The molecule has 0 saturated heterocycles. The highest BCUT2D eigenvalue weighted by Crippen LogP contribution is 2.25. The first-order valence-corrected chi connectivity index (χ1v) is 9.19. The Bertz CT molecular complexity index is 1080. The van der Waals surface area contributed by atoms with Crippen LogP contribution in [-0.2, 0) is 13.6 Å². The summed E-state index contributed by atoms with van der Waals surface area (Å²) in [6.45, 7) is 0.473. The number of hydrogen-bond donors (Lipinski definition) is 0. The summed E-state index contributed by atoms with van der Waals surface area (Å²) in [5, 5.41) is 4.82. The van der Waals surface area contributed by atoms with Gasteiger partial charge in [0.2, 0.25) is 0 Å². The number of amides is 1. The minimum absolute atomic E-state index is 0.0148. The van der Waals surface area contributed by atoms with Gasteiger partial charge in [-0.25, -0.2) is 4.68 Å². The molecule has 5 heteroatoms. The molecule has 0 aliphatic rings. The number of aromatic nitrogens is 3. The standard InChI is InChI=1S/C23H22N4O/c1-25-15-9-14-21(25)23(28)26(2)16-19-17-27(20-12-7-4-8-13-20)24-22(19)18-10-5-3-6-11-18/h3-15,17H,16H2,1-2H3. The van der Waals surface area contributed by atoms with Crippen molar-refractivity contribution in [1.82, 2.24) is 19.2 Å². The van der Waals surface area contributed by atoms with Gasteiger partial charge in [0, 0.05) is 44.2 Å². The molecule has 0 bridgehead atoms. The lowest BCUT2D eigenvalue weighted by Gasteiger charge is -2.17. The molecule has 0 radical (unpaired) electrons. The van der Waals surface area contributed by atoms with Gasteiger partial charge in [-0.15, -0.1) is 0 Å². The van der Waals surface area contributed by atoms with Crippen LogP contribution in [0.3, 0.4) is 0 Å². The van der Waals surface area contributed by atoms with Crippen molar-refractivity contribution in [2.45, 2.75) is 6.54 Å².